The molecule has 1 heterocycles. The first-order chi connectivity index (χ1) is 20.1. The molecule has 15 nitrogen and oxygen atoms in total. The van der Waals surface area contributed by atoms with Gasteiger partial charge in [0.05, 0.1) is 13.2 Å². The normalized spacial score (nSPS) is 18.2. The predicted molar refractivity (Wildman–Crippen MR) is 141 cm³/mol. The van der Waals surface area contributed by atoms with Gasteiger partial charge >= 0.3 is 23.9 Å². The molecule has 1 rings (SSSR count). The van der Waals surface area contributed by atoms with Crippen molar-refractivity contribution in [3.05, 3.63) is 48.0 Å². The van der Waals surface area contributed by atoms with E-state index in [4.69, 9.17) is 33.2 Å². The molecule has 0 saturated carbocycles. The molecule has 15 heteroatoms. The van der Waals surface area contributed by atoms with Crippen LogP contribution in [0.5, 0.6) is 0 Å². The second kappa shape index (κ2) is 20.2. The van der Waals surface area contributed by atoms with Gasteiger partial charge in [-0.15, -0.1) is 0 Å². The third-order valence-electron chi connectivity index (χ3n) is 4.94. The summed E-state index contributed by atoms with van der Waals surface area (Å²) in [6.45, 7) is 1.21. The molecular formula is C27H38O15. The van der Waals surface area contributed by atoms with E-state index in [0.29, 0.717) is 0 Å². The van der Waals surface area contributed by atoms with E-state index in [-0.39, 0.29) is 5.76 Å². The van der Waals surface area contributed by atoms with Gasteiger partial charge in [-0.2, -0.15) is 0 Å². The molecule has 0 aromatic heterocycles. The number of cyclic esters (lactones) is 1. The van der Waals surface area contributed by atoms with Crippen molar-refractivity contribution >= 4 is 23.9 Å². The van der Waals surface area contributed by atoms with Gasteiger partial charge in [0.25, 0.3) is 0 Å². The molecule has 0 amide bonds. The number of carbonyl (C=O) groups is 4. The van der Waals surface area contributed by atoms with Crippen molar-refractivity contribution < 1.29 is 72.8 Å². The van der Waals surface area contributed by atoms with E-state index < -0.39 is 106 Å². The van der Waals surface area contributed by atoms with Crippen LogP contribution in [-0.2, 0) is 52.3 Å². The molecule has 236 valence electrons. The van der Waals surface area contributed by atoms with Gasteiger partial charge in [0.2, 0.25) is 5.76 Å². The number of aliphatic hydroxyl groups is 4. The zero-order chi connectivity index (χ0) is 31.5. The molecule has 1 aliphatic heterocycles. The molecule has 0 spiro atoms. The Morgan fingerprint density at radius 2 is 1.17 bits per heavy atom. The van der Waals surface area contributed by atoms with E-state index >= 15 is 0 Å². The lowest BCUT2D eigenvalue weighted by molar-refractivity contribution is -0.157. The minimum Gasteiger partial charge on any atom is -0.487 e. The lowest BCUT2D eigenvalue weighted by Gasteiger charge is -2.25. The van der Waals surface area contributed by atoms with Crippen molar-refractivity contribution in [1.82, 2.24) is 0 Å². The van der Waals surface area contributed by atoms with Crippen molar-refractivity contribution in [2.75, 3.05) is 46.2 Å². The van der Waals surface area contributed by atoms with E-state index in [2.05, 4.69) is 0 Å². The zero-order valence-electron chi connectivity index (χ0n) is 23.6. The first-order valence-corrected chi connectivity index (χ1v) is 12.9. The average molecular weight is 603 g/mol. The second-order valence-corrected chi connectivity index (χ2v) is 8.55. The molecule has 1 aliphatic rings. The van der Waals surface area contributed by atoms with Gasteiger partial charge in [-0.05, 0) is 20.8 Å². The molecule has 0 aliphatic carbocycles. The lowest BCUT2D eigenvalue weighted by atomic mass is 10.1. The highest BCUT2D eigenvalue weighted by molar-refractivity contribution is 5.89. The maximum absolute atomic E-state index is 12.6. The maximum Gasteiger partial charge on any atom is 0.378 e. The number of aliphatic hydroxyl groups excluding tert-OH is 4. The summed E-state index contributed by atoms with van der Waals surface area (Å²) in [7, 11) is 0. The Labute approximate surface area is 242 Å². The average Bonchev–Trinajstić information content (AvgIpc) is 3.26. The summed E-state index contributed by atoms with van der Waals surface area (Å²) in [5.74, 6) is -4.01. The summed E-state index contributed by atoms with van der Waals surface area (Å²) in [6, 6.07) is 0. The minimum absolute atomic E-state index is 0.329. The Hall–Kier alpha value is -3.76. The molecule has 0 bridgehead atoms. The highest BCUT2D eigenvalue weighted by atomic mass is 16.6. The fraction of sp³-hybridized carbons (Fsp3) is 0.556. The van der Waals surface area contributed by atoms with Gasteiger partial charge in [-0.1, -0.05) is 18.2 Å². The van der Waals surface area contributed by atoms with Crippen LogP contribution in [0.3, 0.4) is 0 Å². The van der Waals surface area contributed by atoms with Gasteiger partial charge in [-0.25, -0.2) is 19.2 Å². The monoisotopic (exact) mass is 602 g/mol. The minimum atomic E-state index is -1.43. The van der Waals surface area contributed by atoms with Crippen molar-refractivity contribution in [1.29, 1.82) is 0 Å². The Kier molecular flexibility index (Phi) is 17.4. The maximum atomic E-state index is 12.6. The van der Waals surface area contributed by atoms with Crippen LogP contribution >= 0.6 is 0 Å². The lowest BCUT2D eigenvalue weighted by Crippen LogP contribution is -2.38. The van der Waals surface area contributed by atoms with Crippen molar-refractivity contribution in [3.8, 4) is 0 Å². The number of allylic oxidation sites excluding steroid dienone is 3. The van der Waals surface area contributed by atoms with E-state index in [1.54, 1.807) is 20.8 Å². The SMILES string of the molecule is CC=CC(=O)OCC(O)COC1=C(OCC(O)COC(=O)C=CC)[C@@H]([C@H](CO)OCC(O)COC(=O)C=CC)OC1=O. The van der Waals surface area contributed by atoms with Gasteiger partial charge < -0.3 is 53.6 Å². The quantitative estimate of drug-likeness (QED) is 0.0745. The van der Waals surface area contributed by atoms with E-state index in [9.17, 15) is 39.6 Å². The topological polar surface area (TPSA) is 214 Å². The summed E-state index contributed by atoms with van der Waals surface area (Å²) >= 11 is 0. The third-order valence-corrected chi connectivity index (χ3v) is 4.94. The Bertz CT molecular complexity index is 999. The number of esters is 4. The first kappa shape index (κ1) is 36.3. The van der Waals surface area contributed by atoms with Gasteiger partial charge in [-0.3, -0.25) is 0 Å². The summed E-state index contributed by atoms with van der Waals surface area (Å²) in [5, 5.41) is 40.3. The van der Waals surface area contributed by atoms with Crippen LogP contribution in [-0.4, -0.2) is 121 Å². The van der Waals surface area contributed by atoms with Gasteiger partial charge in [0, 0.05) is 18.2 Å². The van der Waals surface area contributed by atoms with Gasteiger partial charge in [0.15, 0.2) is 11.9 Å². The molecule has 0 aromatic rings. The summed E-state index contributed by atoms with van der Waals surface area (Å²) < 4.78 is 36.2. The number of ether oxygens (including phenoxy) is 7. The van der Waals surface area contributed by atoms with Crippen molar-refractivity contribution in [2.24, 2.45) is 0 Å². The van der Waals surface area contributed by atoms with E-state index in [1.807, 2.05) is 0 Å². The van der Waals surface area contributed by atoms with Crippen LogP contribution in [0.2, 0.25) is 0 Å². The molecule has 3 unspecified atom stereocenters. The van der Waals surface area contributed by atoms with E-state index in [0.717, 1.165) is 18.2 Å². The first-order valence-electron chi connectivity index (χ1n) is 12.9. The number of hydrogen-bond donors (Lipinski definition) is 4. The molecule has 0 fully saturated rings. The zero-order valence-corrected chi connectivity index (χ0v) is 23.6. The molecule has 0 aromatic carbocycles. The summed E-state index contributed by atoms with van der Waals surface area (Å²) in [6.07, 6.45) is 0.999. The molecule has 42 heavy (non-hydrogen) atoms. The van der Waals surface area contributed by atoms with Crippen LogP contribution in [0.15, 0.2) is 48.0 Å². The molecule has 0 radical (unpaired) electrons. The van der Waals surface area contributed by atoms with Crippen LogP contribution in [0.1, 0.15) is 20.8 Å². The fourth-order valence-corrected chi connectivity index (χ4v) is 3.04. The smallest absolute Gasteiger partial charge is 0.378 e. The number of rotatable bonds is 20. The van der Waals surface area contributed by atoms with Crippen molar-refractivity contribution in [2.45, 2.75) is 51.3 Å². The number of hydrogen-bond acceptors (Lipinski definition) is 15. The van der Waals surface area contributed by atoms with Crippen LogP contribution < -0.4 is 0 Å². The standard InChI is InChI=1S/C27H38O15/c1-4-7-21(32)37-12-17(29)11-36-20(10-28)24-25(40-15-18(30)13-38-22(33)8-5-2)26(27(35)42-24)41-16-19(31)14-39-23(34)9-6-3/h4-9,17-20,24,28-31H,10-16H2,1-3H3/t17?,18?,19?,20-,24+/m0/s1. The predicted octanol–water partition coefficient (Wildman–Crippen LogP) is -1.03. The number of carbonyl (C=O) groups excluding carboxylic acids is 4. The molecule has 4 N–H and O–H groups in total. The van der Waals surface area contributed by atoms with Crippen LogP contribution in [0, 0.1) is 0 Å². The third kappa shape index (κ3) is 13.7. The second-order valence-electron chi connectivity index (χ2n) is 8.55. The highest BCUT2D eigenvalue weighted by Gasteiger charge is 2.43. The molecule has 5 atom stereocenters. The molecular weight excluding hydrogens is 564 g/mol. The van der Waals surface area contributed by atoms with E-state index in [1.165, 1.54) is 18.2 Å². The van der Waals surface area contributed by atoms with Crippen molar-refractivity contribution in [3.63, 3.8) is 0 Å². The summed E-state index contributed by atoms with van der Waals surface area (Å²) in [5.41, 5.74) is 0. The fourth-order valence-electron chi connectivity index (χ4n) is 3.04. The Balaban J connectivity index is 2.98. The van der Waals surface area contributed by atoms with Crippen LogP contribution in [0.4, 0.5) is 0 Å². The molecule has 0 saturated heterocycles. The highest BCUT2D eigenvalue weighted by Crippen LogP contribution is 2.29. The van der Waals surface area contributed by atoms with Crippen LogP contribution in [0.25, 0.3) is 0 Å². The Morgan fingerprint density at radius 3 is 1.60 bits per heavy atom. The Morgan fingerprint density at radius 1 is 0.738 bits per heavy atom. The van der Waals surface area contributed by atoms with Gasteiger partial charge in [0.1, 0.15) is 57.5 Å². The largest absolute Gasteiger partial charge is 0.487 e. The summed E-state index contributed by atoms with van der Waals surface area (Å²) in [4.78, 5) is 47.0.